The molecular formula is C8H13NO. The van der Waals surface area contributed by atoms with E-state index < -0.39 is 0 Å². The Labute approximate surface area is 61.6 Å². The second-order valence-corrected chi connectivity index (χ2v) is 1.88. The van der Waals surface area contributed by atoms with Crippen LogP contribution < -0.4 is 5.32 Å². The molecule has 2 heteroatoms. The van der Waals surface area contributed by atoms with E-state index in [1.54, 1.807) is 0 Å². The van der Waals surface area contributed by atoms with Gasteiger partial charge in [-0.2, -0.15) is 0 Å². The lowest BCUT2D eigenvalue weighted by Crippen LogP contribution is -2.15. The van der Waals surface area contributed by atoms with Gasteiger partial charge in [0, 0.05) is 6.42 Å². The number of rotatable bonds is 4. The van der Waals surface area contributed by atoms with Crippen molar-refractivity contribution in [2.24, 2.45) is 0 Å². The second kappa shape index (κ2) is 6.08. The quantitative estimate of drug-likeness (QED) is 0.589. The molecule has 0 saturated carbocycles. The molecule has 2 nitrogen and oxygen atoms in total. The number of nitrogens with one attached hydrogen (secondary N) is 1. The van der Waals surface area contributed by atoms with E-state index in [1.807, 2.05) is 19.1 Å². The van der Waals surface area contributed by atoms with Crippen LogP contribution in [0.25, 0.3) is 0 Å². The SMILES string of the molecule is C=CNC(=O)CC/C=C/C. The molecule has 0 aliphatic rings. The Hall–Kier alpha value is -1.05. The van der Waals surface area contributed by atoms with Crippen molar-refractivity contribution in [3.05, 3.63) is 24.9 Å². The van der Waals surface area contributed by atoms with Crippen molar-refractivity contribution in [3.8, 4) is 0 Å². The first-order valence-electron chi connectivity index (χ1n) is 3.32. The first-order valence-corrected chi connectivity index (χ1v) is 3.32. The van der Waals surface area contributed by atoms with Crippen LogP contribution >= 0.6 is 0 Å². The molecule has 0 aromatic carbocycles. The Morgan fingerprint density at radius 1 is 1.70 bits per heavy atom. The molecule has 10 heavy (non-hydrogen) atoms. The average molecular weight is 139 g/mol. The highest BCUT2D eigenvalue weighted by Crippen LogP contribution is 1.89. The highest BCUT2D eigenvalue weighted by atomic mass is 16.1. The van der Waals surface area contributed by atoms with Crippen LogP contribution in [0.3, 0.4) is 0 Å². The summed E-state index contributed by atoms with van der Waals surface area (Å²) in [6.07, 6.45) is 6.63. The van der Waals surface area contributed by atoms with Crippen LogP contribution in [0.2, 0.25) is 0 Å². The van der Waals surface area contributed by atoms with Gasteiger partial charge in [-0.25, -0.2) is 0 Å². The number of carbonyl (C=O) groups is 1. The Morgan fingerprint density at radius 2 is 2.40 bits per heavy atom. The third-order valence-electron chi connectivity index (χ3n) is 1.04. The molecule has 0 spiro atoms. The van der Waals surface area contributed by atoms with Gasteiger partial charge in [0.05, 0.1) is 0 Å². The fraction of sp³-hybridized carbons (Fsp3) is 0.375. The van der Waals surface area contributed by atoms with Crippen LogP contribution in [0, 0.1) is 0 Å². The number of hydrogen-bond donors (Lipinski definition) is 1. The normalized spacial score (nSPS) is 9.70. The monoisotopic (exact) mass is 139 g/mol. The maximum absolute atomic E-state index is 10.7. The number of amides is 1. The third kappa shape index (κ3) is 5.09. The molecule has 0 radical (unpaired) electrons. The molecule has 0 heterocycles. The first kappa shape index (κ1) is 8.95. The van der Waals surface area contributed by atoms with Gasteiger partial charge in [-0.1, -0.05) is 18.7 Å². The molecule has 0 aliphatic heterocycles. The summed E-state index contributed by atoms with van der Waals surface area (Å²) in [5.74, 6) is 0.0214. The zero-order valence-corrected chi connectivity index (χ0v) is 6.26. The summed E-state index contributed by atoms with van der Waals surface area (Å²) in [5, 5.41) is 2.50. The summed E-state index contributed by atoms with van der Waals surface area (Å²) in [7, 11) is 0. The molecular weight excluding hydrogens is 126 g/mol. The molecule has 0 bridgehead atoms. The molecule has 0 aromatic rings. The van der Waals surface area contributed by atoms with Crippen molar-refractivity contribution in [2.75, 3.05) is 0 Å². The van der Waals surface area contributed by atoms with Gasteiger partial charge in [0.15, 0.2) is 0 Å². The summed E-state index contributed by atoms with van der Waals surface area (Å²) in [6.45, 7) is 5.31. The zero-order valence-electron chi connectivity index (χ0n) is 6.26. The topological polar surface area (TPSA) is 29.1 Å². The van der Waals surface area contributed by atoms with Crippen LogP contribution in [-0.4, -0.2) is 5.91 Å². The van der Waals surface area contributed by atoms with Crippen molar-refractivity contribution in [1.82, 2.24) is 5.32 Å². The van der Waals surface area contributed by atoms with Crippen LogP contribution in [0.5, 0.6) is 0 Å². The molecule has 0 aliphatic carbocycles. The Kier molecular flexibility index (Phi) is 5.44. The molecule has 0 rings (SSSR count). The van der Waals surface area contributed by atoms with E-state index in [9.17, 15) is 4.79 Å². The molecule has 0 fully saturated rings. The molecule has 0 saturated heterocycles. The minimum Gasteiger partial charge on any atom is -0.333 e. The van der Waals surface area contributed by atoms with E-state index in [0.717, 1.165) is 6.42 Å². The highest BCUT2D eigenvalue weighted by Gasteiger charge is 1.93. The van der Waals surface area contributed by atoms with Gasteiger partial charge < -0.3 is 5.32 Å². The molecule has 56 valence electrons. The molecule has 0 atom stereocenters. The lowest BCUT2D eigenvalue weighted by molar-refractivity contribution is -0.120. The van der Waals surface area contributed by atoms with Gasteiger partial charge in [-0.15, -0.1) is 0 Å². The Morgan fingerprint density at radius 3 is 2.90 bits per heavy atom. The van der Waals surface area contributed by atoms with Crippen LogP contribution in [0.1, 0.15) is 19.8 Å². The number of allylic oxidation sites excluding steroid dienone is 2. The fourth-order valence-corrected chi connectivity index (χ4v) is 0.567. The summed E-state index contributed by atoms with van der Waals surface area (Å²) in [4.78, 5) is 10.7. The van der Waals surface area contributed by atoms with E-state index in [2.05, 4.69) is 11.9 Å². The largest absolute Gasteiger partial charge is 0.333 e. The summed E-state index contributed by atoms with van der Waals surface area (Å²) in [6, 6.07) is 0. The third-order valence-corrected chi connectivity index (χ3v) is 1.04. The van der Waals surface area contributed by atoms with Crippen molar-refractivity contribution in [3.63, 3.8) is 0 Å². The predicted octanol–water partition coefficient (Wildman–Crippen LogP) is 1.60. The van der Waals surface area contributed by atoms with E-state index in [4.69, 9.17) is 0 Å². The smallest absolute Gasteiger partial charge is 0.224 e. The molecule has 1 N–H and O–H groups in total. The second-order valence-electron chi connectivity index (χ2n) is 1.88. The summed E-state index contributed by atoms with van der Waals surface area (Å²) in [5.41, 5.74) is 0. The van der Waals surface area contributed by atoms with E-state index in [0.29, 0.717) is 6.42 Å². The maximum Gasteiger partial charge on any atom is 0.224 e. The van der Waals surface area contributed by atoms with Gasteiger partial charge in [0.1, 0.15) is 0 Å². The van der Waals surface area contributed by atoms with Gasteiger partial charge in [-0.05, 0) is 19.5 Å². The lowest BCUT2D eigenvalue weighted by atomic mass is 10.3. The van der Waals surface area contributed by atoms with Crippen LogP contribution in [-0.2, 0) is 4.79 Å². The first-order chi connectivity index (χ1) is 4.81. The predicted molar refractivity (Wildman–Crippen MR) is 42.4 cm³/mol. The van der Waals surface area contributed by atoms with E-state index in [1.165, 1.54) is 6.20 Å². The minimum absolute atomic E-state index is 0.0214. The molecule has 0 unspecified atom stereocenters. The Balaban J connectivity index is 3.30. The van der Waals surface area contributed by atoms with Gasteiger partial charge in [0.25, 0.3) is 0 Å². The highest BCUT2D eigenvalue weighted by molar-refractivity contribution is 5.76. The summed E-state index contributed by atoms with van der Waals surface area (Å²) < 4.78 is 0. The average Bonchev–Trinajstić information content (AvgIpc) is 1.89. The van der Waals surface area contributed by atoms with Gasteiger partial charge >= 0.3 is 0 Å². The Bertz CT molecular complexity index is 138. The molecule has 1 amide bonds. The van der Waals surface area contributed by atoms with Gasteiger partial charge in [0.2, 0.25) is 5.91 Å². The van der Waals surface area contributed by atoms with E-state index in [-0.39, 0.29) is 5.91 Å². The van der Waals surface area contributed by atoms with Crippen LogP contribution in [0.4, 0.5) is 0 Å². The van der Waals surface area contributed by atoms with E-state index >= 15 is 0 Å². The van der Waals surface area contributed by atoms with Crippen LogP contribution in [0.15, 0.2) is 24.9 Å². The van der Waals surface area contributed by atoms with Crippen molar-refractivity contribution in [2.45, 2.75) is 19.8 Å². The number of hydrogen-bond acceptors (Lipinski definition) is 1. The summed E-state index contributed by atoms with van der Waals surface area (Å²) >= 11 is 0. The lowest BCUT2D eigenvalue weighted by Gasteiger charge is -1.94. The fourth-order valence-electron chi connectivity index (χ4n) is 0.567. The molecule has 0 aromatic heterocycles. The minimum atomic E-state index is 0.0214. The van der Waals surface area contributed by atoms with Crippen molar-refractivity contribution < 1.29 is 4.79 Å². The number of carbonyl (C=O) groups excluding carboxylic acids is 1. The maximum atomic E-state index is 10.7. The standard InChI is InChI=1S/C8H13NO/c1-3-5-6-7-8(10)9-4-2/h3-5H,2,6-7H2,1H3,(H,9,10)/b5-3+. The van der Waals surface area contributed by atoms with Crippen molar-refractivity contribution in [1.29, 1.82) is 0 Å². The van der Waals surface area contributed by atoms with Crippen molar-refractivity contribution >= 4 is 5.91 Å². The zero-order chi connectivity index (χ0) is 7.82. The van der Waals surface area contributed by atoms with Gasteiger partial charge in [-0.3, -0.25) is 4.79 Å².